The van der Waals surface area contributed by atoms with Crippen LogP contribution in [0, 0.1) is 28.6 Å². The molecule has 1 amide bonds. The van der Waals surface area contributed by atoms with Crippen molar-refractivity contribution in [3.05, 3.63) is 36.0 Å². The third-order valence-electron chi connectivity index (χ3n) is 9.79. The molecule has 3 fully saturated rings. The van der Waals surface area contributed by atoms with Gasteiger partial charge < -0.3 is 15.0 Å². The Kier molecular flexibility index (Phi) is 6.78. The average Bonchev–Trinajstić information content (AvgIpc) is 3.44. The molecule has 1 aromatic heterocycles. The summed E-state index contributed by atoms with van der Waals surface area (Å²) in [6.07, 6.45) is 4.75. The molecule has 38 heavy (non-hydrogen) atoms. The van der Waals surface area contributed by atoms with Crippen molar-refractivity contribution in [2.24, 2.45) is 28.6 Å². The van der Waals surface area contributed by atoms with Gasteiger partial charge in [-0.25, -0.2) is 4.79 Å². The van der Waals surface area contributed by atoms with E-state index in [1.165, 1.54) is 7.11 Å². The molecule has 1 aromatic carbocycles. The van der Waals surface area contributed by atoms with E-state index in [4.69, 9.17) is 4.74 Å². The van der Waals surface area contributed by atoms with Gasteiger partial charge in [0, 0.05) is 66.0 Å². The molecule has 5 rings (SSSR count). The molecule has 3 aliphatic rings. The minimum Gasteiger partial charge on any atom is -0.467 e. The number of H-pyrrole nitrogens is 1. The summed E-state index contributed by atoms with van der Waals surface area (Å²) in [6.45, 7) is 3.74. The van der Waals surface area contributed by atoms with Crippen LogP contribution in [0.15, 0.2) is 30.5 Å². The number of fused-ring (bicyclic) bond motifs is 4. The van der Waals surface area contributed by atoms with E-state index in [1.54, 1.807) is 0 Å². The van der Waals surface area contributed by atoms with Crippen molar-refractivity contribution in [1.82, 2.24) is 10.3 Å². The monoisotopic (exact) mass is 520 g/mol. The van der Waals surface area contributed by atoms with Gasteiger partial charge in [-0.2, -0.15) is 0 Å². The molecule has 8 heteroatoms. The zero-order valence-corrected chi connectivity index (χ0v) is 22.3. The van der Waals surface area contributed by atoms with Crippen LogP contribution in [-0.4, -0.2) is 47.4 Å². The molecule has 2 N–H and O–H groups in total. The van der Waals surface area contributed by atoms with E-state index >= 15 is 0 Å². The van der Waals surface area contributed by atoms with Crippen molar-refractivity contribution < 1.29 is 28.7 Å². The summed E-state index contributed by atoms with van der Waals surface area (Å²) in [5.74, 6) is -1.12. The summed E-state index contributed by atoms with van der Waals surface area (Å²) >= 11 is 0. The Morgan fingerprint density at radius 2 is 1.84 bits per heavy atom. The number of rotatable bonds is 7. The van der Waals surface area contributed by atoms with Crippen LogP contribution in [0.2, 0.25) is 0 Å². The number of nitrogens with one attached hydrogen (secondary N) is 2. The molecule has 0 radical (unpaired) electrons. The lowest BCUT2D eigenvalue weighted by atomic mass is 9.48. The summed E-state index contributed by atoms with van der Waals surface area (Å²) < 4.78 is 4.96. The number of benzene rings is 1. The number of amides is 1. The lowest BCUT2D eigenvalue weighted by Gasteiger charge is -2.52. The standard InChI is InChI=1S/C30H36N2O6/c1-29(24(34)10-8-19-20-9-11-25(35)30(20,2)15-23(33)27(19)29)13-12-26(36)32-22(28(37)38-3)14-17-16-31-21-7-5-4-6-18(17)21/h4-7,16,19-20,22,27,31H,8-15H2,1-3H3,(H,32,36)/t19-,20-,22-,27+,29-,30-/m0/s1. The number of hydrogen-bond acceptors (Lipinski definition) is 6. The molecular formula is C30H36N2O6. The average molecular weight is 521 g/mol. The Labute approximate surface area is 222 Å². The van der Waals surface area contributed by atoms with Gasteiger partial charge in [0.25, 0.3) is 0 Å². The van der Waals surface area contributed by atoms with E-state index < -0.39 is 28.8 Å². The van der Waals surface area contributed by atoms with Crippen LogP contribution in [0.25, 0.3) is 10.9 Å². The van der Waals surface area contributed by atoms with Crippen LogP contribution in [0.4, 0.5) is 0 Å². The van der Waals surface area contributed by atoms with E-state index in [1.807, 2.05) is 44.3 Å². The zero-order chi connectivity index (χ0) is 27.2. The molecule has 6 atom stereocenters. The fraction of sp³-hybridized carbons (Fsp3) is 0.567. The molecule has 0 bridgehead atoms. The molecule has 0 spiro atoms. The number of ketones is 3. The van der Waals surface area contributed by atoms with Crippen LogP contribution < -0.4 is 5.32 Å². The van der Waals surface area contributed by atoms with Crippen molar-refractivity contribution in [2.75, 3.05) is 7.11 Å². The summed E-state index contributed by atoms with van der Waals surface area (Å²) in [4.78, 5) is 68.2. The third-order valence-corrected chi connectivity index (χ3v) is 9.79. The minimum absolute atomic E-state index is 0.0103. The Morgan fingerprint density at radius 1 is 1.11 bits per heavy atom. The van der Waals surface area contributed by atoms with E-state index in [0.29, 0.717) is 19.3 Å². The molecule has 0 aliphatic heterocycles. The van der Waals surface area contributed by atoms with Crippen molar-refractivity contribution in [3.8, 4) is 0 Å². The summed E-state index contributed by atoms with van der Waals surface area (Å²) in [5.41, 5.74) is 0.248. The molecule has 8 nitrogen and oxygen atoms in total. The normalized spacial score (nSPS) is 31.6. The largest absolute Gasteiger partial charge is 0.467 e. The zero-order valence-electron chi connectivity index (χ0n) is 22.3. The first-order valence-electron chi connectivity index (χ1n) is 13.6. The number of carbonyl (C=O) groups is 5. The topological polar surface area (TPSA) is 122 Å². The summed E-state index contributed by atoms with van der Waals surface area (Å²) in [6, 6.07) is 6.85. The number of ether oxygens (including phenoxy) is 1. The van der Waals surface area contributed by atoms with Gasteiger partial charge in [0.1, 0.15) is 23.4 Å². The lowest BCUT2D eigenvalue weighted by molar-refractivity contribution is -0.160. The number of esters is 1. The van der Waals surface area contributed by atoms with Gasteiger partial charge in [-0.1, -0.05) is 32.0 Å². The Bertz CT molecular complexity index is 1310. The Hall–Kier alpha value is -3.29. The minimum atomic E-state index is -0.956. The van der Waals surface area contributed by atoms with Gasteiger partial charge in [0.15, 0.2) is 0 Å². The molecule has 3 aliphatic carbocycles. The van der Waals surface area contributed by atoms with E-state index in [2.05, 4.69) is 10.3 Å². The number of para-hydroxylation sites is 1. The van der Waals surface area contributed by atoms with Crippen LogP contribution in [-0.2, 0) is 35.1 Å². The van der Waals surface area contributed by atoms with Crippen LogP contribution in [0.3, 0.4) is 0 Å². The first-order valence-corrected chi connectivity index (χ1v) is 13.6. The molecule has 2 aromatic rings. The quantitative estimate of drug-likeness (QED) is 0.537. The van der Waals surface area contributed by atoms with Crippen LogP contribution >= 0.6 is 0 Å². The number of hydrogen-bond donors (Lipinski definition) is 2. The van der Waals surface area contributed by atoms with Gasteiger partial charge >= 0.3 is 5.97 Å². The fourth-order valence-corrected chi connectivity index (χ4v) is 7.70. The highest BCUT2D eigenvalue weighted by molar-refractivity contribution is 5.99. The van der Waals surface area contributed by atoms with Gasteiger partial charge in [0.05, 0.1) is 7.11 Å². The molecule has 1 heterocycles. The highest BCUT2D eigenvalue weighted by Gasteiger charge is 2.62. The number of Topliss-reactive ketones (excluding diaryl/α,β-unsaturated/α-hetero) is 3. The maximum absolute atomic E-state index is 13.4. The highest BCUT2D eigenvalue weighted by atomic mass is 16.5. The second-order valence-corrected chi connectivity index (χ2v) is 11.9. The molecular weight excluding hydrogens is 484 g/mol. The number of aromatic amines is 1. The van der Waals surface area contributed by atoms with Crippen LogP contribution in [0.1, 0.15) is 64.4 Å². The smallest absolute Gasteiger partial charge is 0.328 e. The number of aromatic nitrogens is 1. The van der Waals surface area contributed by atoms with Gasteiger partial charge in [-0.3, -0.25) is 19.2 Å². The molecule has 0 unspecified atom stereocenters. The third kappa shape index (κ3) is 4.28. The van der Waals surface area contributed by atoms with Crippen LogP contribution in [0.5, 0.6) is 0 Å². The molecule has 3 saturated carbocycles. The van der Waals surface area contributed by atoms with Gasteiger partial charge in [-0.15, -0.1) is 0 Å². The van der Waals surface area contributed by atoms with E-state index in [9.17, 15) is 24.0 Å². The predicted octanol–water partition coefficient (Wildman–Crippen LogP) is 3.71. The second kappa shape index (κ2) is 9.79. The van der Waals surface area contributed by atoms with E-state index in [-0.39, 0.29) is 60.8 Å². The lowest BCUT2D eigenvalue weighted by Crippen LogP contribution is -2.56. The number of carbonyl (C=O) groups excluding carboxylic acids is 5. The van der Waals surface area contributed by atoms with Crippen molar-refractivity contribution in [2.45, 2.75) is 71.3 Å². The summed E-state index contributed by atoms with van der Waals surface area (Å²) in [7, 11) is 1.29. The first-order chi connectivity index (χ1) is 18.1. The molecule has 0 saturated heterocycles. The Balaban J connectivity index is 1.30. The summed E-state index contributed by atoms with van der Waals surface area (Å²) in [5, 5.41) is 3.77. The SMILES string of the molecule is COC(=O)[C@H](Cc1c[nH]c2ccccc12)NC(=O)CC[C@@]1(C)C(=O)CC[C@@H]2[C@@H]1C(=O)C[C@]1(C)C(=O)CC[C@@H]21. The first kappa shape index (κ1) is 26.3. The van der Waals surface area contributed by atoms with Gasteiger partial charge in [0.2, 0.25) is 5.91 Å². The molecule has 202 valence electrons. The van der Waals surface area contributed by atoms with Crippen molar-refractivity contribution in [3.63, 3.8) is 0 Å². The maximum Gasteiger partial charge on any atom is 0.328 e. The maximum atomic E-state index is 13.4. The van der Waals surface area contributed by atoms with Crippen molar-refractivity contribution >= 4 is 40.1 Å². The van der Waals surface area contributed by atoms with E-state index in [0.717, 1.165) is 22.9 Å². The highest BCUT2D eigenvalue weighted by Crippen LogP contribution is 2.60. The second-order valence-electron chi connectivity index (χ2n) is 11.9. The predicted molar refractivity (Wildman–Crippen MR) is 140 cm³/mol. The fourth-order valence-electron chi connectivity index (χ4n) is 7.70. The Morgan fingerprint density at radius 3 is 2.61 bits per heavy atom. The number of methoxy groups -OCH3 is 1. The van der Waals surface area contributed by atoms with Crippen molar-refractivity contribution in [1.29, 1.82) is 0 Å². The van der Waals surface area contributed by atoms with Gasteiger partial charge in [-0.05, 0) is 42.7 Å².